The standard InChI is InChI=1S/C26H31NO4/c1-17-2-6-22(7-3-17)24-28-30-25(31-29-24)23-8-4-18(5-9-23)16-27-26-13-19-10-20(14-26)12-21(11-19)15-26/h2-9,19-21,24-25,27H,10-16H2,1H3. The number of benzene rings is 2. The van der Waals surface area contributed by atoms with Crippen LogP contribution < -0.4 is 5.32 Å². The van der Waals surface area contributed by atoms with Crippen LogP contribution in [0.2, 0.25) is 0 Å². The Morgan fingerprint density at radius 1 is 0.710 bits per heavy atom. The highest BCUT2D eigenvalue weighted by Crippen LogP contribution is 2.55. The molecule has 1 N–H and O–H groups in total. The predicted molar refractivity (Wildman–Crippen MR) is 115 cm³/mol. The van der Waals surface area contributed by atoms with E-state index in [0.29, 0.717) is 5.54 Å². The molecule has 5 nitrogen and oxygen atoms in total. The summed E-state index contributed by atoms with van der Waals surface area (Å²) >= 11 is 0. The third-order valence-corrected chi connectivity index (χ3v) is 7.77. The Morgan fingerprint density at radius 3 is 1.65 bits per heavy atom. The normalized spacial score (nSPS) is 36.6. The maximum atomic E-state index is 5.46. The van der Waals surface area contributed by atoms with Crippen LogP contribution in [0, 0.1) is 24.7 Å². The second-order valence-electron chi connectivity index (χ2n) is 10.3. The Hall–Kier alpha value is -1.76. The van der Waals surface area contributed by atoms with Crippen LogP contribution in [0.5, 0.6) is 0 Å². The molecule has 0 unspecified atom stereocenters. The molecule has 4 bridgehead atoms. The fourth-order valence-corrected chi connectivity index (χ4v) is 6.59. The maximum Gasteiger partial charge on any atom is 0.249 e. The molecule has 0 spiro atoms. The molecule has 5 fully saturated rings. The van der Waals surface area contributed by atoms with Gasteiger partial charge in [0.25, 0.3) is 0 Å². The average Bonchev–Trinajstić information content (AvgIpc) is 2.78. The summed E-state index contributed by atoms with van der Waals surface area (Å²) in [7, 11) is 0. The van der Waals surface area contributed by atoms with E-state index in [0.717, 1.165) is 35.4 Å². The van der Waals surface area contributed by atoms with Gasteiger partial charge >= 0.3 is 0 Å². The lowest BCUT2D eigenvalue weighted by Crippen LogP contribution is -2.58. The van der Waals surface area contributed by atoms with E-state index < -0.39 is 12.6 Å². The van der Waals surface area contributed by atoms with Crippen LogP contribution in [-0.2, 0) is 26.1 Å². The fourth-order valence-electron chi connectivity index (χ4n) is 6.59. The van der Waals surface area contributed by atoms with Crippen molar-refractivity contribution < 1.29 is 19.6 Å². The van der Waals surface area contributed by atoms with E-state index in [2.05, 4.69) is 17.4 Å². The molecule has 0 atom stereocenters. The molecule has 1 aliphatic heterocycles. The van der Waals surface area contributed by atoms with Crippen molar-refractivity contribution in [1.82, 2.24) is 5.32 Å². The van der Waals surface area contributed by atoms with Crippen LogP contribution in [0.3, 0.4) is 0 Å². The maximum absolute atomic E-state index is 5.46. The third-order valence-electron chi connectivity index (χ3n) is 7.77. The molecule has 1 saturated heterocycles. The molecule has 164 valence electrons. The third kappa shape index (κ3) is 4.06. The van der Waals surface area contributed by atoms with E-state index in [1.807, 2.05) is 43.3 Å². The highest BCUT2D eigenvalue weighted by atomic mass is 17.4. The van der Waals surface area contributed by atoms with Crippen molar-refractivity contribution >= 4 is 0 Å². The first-order chi connectivity index (χ1) is 15.1. The van der Waals surface area contributed by atoms with Crippen LogP contribution in [-0.4, -0.2) is 5.54 Å². The van der Waals surface area contributed by atoms with Crippen LogP contribution in [0.4, 0.5) is 0 Å². The van der Waals surface area contributed by atoms with Gasteiger partial charge in [0.15, 0.2) is 0 Å². The molecular weight excluding hydrogens is 390 g/mol. The lowest BCUT2D eigenvalue weighted by molar-refractivity contribution is -0.600. The molecule has 2 aromatic rings. The fraction of sp³-hybridized carbons (Fsp3) is 0.538. The number of aryl methyl sites for hydroxylation is 1. The van der Waals surface area contributed by atoms with Crippen LogP contribution in [0.25, 0.3) is 0 Å². The van der Waals surface area contributed by atoms with Gasteiger partial charge in [0.2, 0.25) is 12.6 Å². The smallest absolute Gasteiger partial charge is 0.249 e. The first-order valence-corrected chi connectivity index (χ1v) is 11.7. The summed E-state index contributed by atoms with van der Waals surface area (Å²) in [4.78, 5) is 21.8. The first-order valence-electron chi connectivity index (χ1n) is 11.7. The minimum Gasteiger partial charge on any atom is -0.307 e. The van der Waals surface area contributed by atoms with E-state index in [-0.39, 0.29) is 0 Å². The highest BCUT2D eigenvalue weighted by Gasteiger charge is 2.50. The monoisotopic (exact) mass is 421 g/mol. The minimum atomic E-state index is -0.688. The molecule has 7 rings (SSSR count). The van der Waals surface area contributed by atoms with Gasteiger partial charge in [-0.1, -0.05) is 54.1 Å². The summed E-state index contributed by atoms with van der Waals surface area (Å²) in [5.74, 6) is 2.89. The summed E-state index contributed by atoms with van der Waals surface area (Å²) < 4.78 is 0. The molecular formula is C26H31NO4. The Labute approximate surface area is 183 Å². The zero-order chi connectivity index (χ0) is 20.8. The molecule has 2 aromatic carbocycles. The second kappa shape index (κ2) is 7.98. The van der Waals surface area contributed by atoms with Gasteiger partial charge in [-0.3, -0.25) is 0 Å². The quantitative estimate of drug-likeness (QED) is 0.631. The van der Waals surface area contributed by atoms with Gasteiger partial charge in [-0.2, -0.15) is 19.6 Å². The van der Waals surface area contributed by atoms with Crippen LogP contribution in [0.1, 0.15) is 73.4 Å². The molecule has 31 heavy (non-hydrogen) atoms. The van der Waals surface area contributed by atoms with Crippen LogP contribution in [0.15, 0.2) is 48.5 Å². The van der Waals surface area contributed by atoms with Crippen molar-refractivity contribution in [2.24, 2.45) is 17.8 Å². The molecule has 1 heterocycles. The largest absolute Gasteiger partial charge is 0.307 e. The Balaban J connectivity index is 1.04. The molecule has 4 aliphatic carbocycles. The average molecular weight is 422 g/mol. The topological polar surface area (TPSA) is 49.0 Å². The van der Waals surface area contributed by atoms with Gasteiger partial charge in [0.05, 0.1) is 0 Å². The van der Waals surface area contributed by atoms with Gasteiger partial charge in [-0.25, -0.2) is 0 Å². The van der Waals surface area contributed by atoms with Crippen molar-refractivity contribution in [3.05, 3.63) is 70.8 Å². The van der Waals surface area contributed by atoms with Gasteiger partial charge in [-0.15, -0.1) is 0 Å². The van der Waals surface area contributed by atoms with Gasteiger partial charge < -0.3 is 5.32 Å². The van der Waals surface area contributed by atoms with Crippen molar-refractivity contribution in [3.8, 4) is 0 Å². The Kier molecular flexibility index (Phi) is 5.12. The summed E-state index contributed by atoms with van der Waals surface area (Å²) in [6.45, 7) is 2.96. The van der Waals surface area contributed by atoms with Crippen molar-refractivity contribution in [2.45, 2.75) is 70.1 Å². The first kappa shape index (κ1) is 19.9. The zero-order valence-electron chi connectivity index (χ0n) is 18.1. The molecule has 5 heteroatoms. The van der Waals surface area contributed by atoms with Gasteiger partial charge in [-0.05, 0) is 68.8 Å². The Bertz CT molecular complexity index is 867. The van der Waals surface area contributed by atoms with E-state index in [1.54, 1.807) is 0 Å². The lowest BCUT2D eigenvalue weighted by atomic mass is 9.53. The second-order valence-corrected chi connectivity index (χ2v) is 10.3. The number of nitrogens with one attached hydrogen (secondary N) is 1. The molecule has 5 aliphatic rings. The number of hydrogen-bond donors (Lipinski definition) is 1. The molecule has 0 radical (unpaired) electrons. The zero-order valence-corrected chi connectivity index (χ0v) is 18.1. The predicted octanol–water partition coefficient (Wildman–Crippen LogP) is 5.66. The summed E-state index contributed by atoms with van der Waals surface area (Å²) in [6.07, 6.45) is 7.18. The molecule has 0 aromatic heterocycles. The van der Waals surface area contributed by atoms with E-state index >= 15 is 0 Å². The van der Waals surface area contributed by atoms with Crippen molar-refractivity contribution in [3.63, 3.8) is 0 Å². The van der Waals surface area contributed by atoms with E-state index in [9.17, 15) is 0 Å². The van der Waals surface area contributed by atoms with E-state index in [1.165, 1.54) is 49.7 Å². The van der Waals surface area contributed by atoms with Gasteiger partial charge in [0.1, 0.15) is 0 Å². The summed E-state index contributed by atoms with van der Waals surface area (Å²) in [6, 6.07) is 16.2. The minimum absolute atomic E-state index is 0.385. The van der Waals surface area contributed by atoms with Gasteiger partial charge in [0, 0.05) is 23.2 Å². The summed E-state index contributed by atoms with van der Waals surface area (Å²) in [5, 5.41) is 3.96. The van der Waals surface area contributed by atoms with Crippen molar-refractivity contribution in [2.75, 3.05) is 0 Å². The van der Waals surface area contributed by atoms with E-state index in [4.69, 9.17) is 19.6 Å². The number of rotatable bonds is 5. The SMILES string of the molecule is Cc1ccc(C2OOC(c3ccc(CNC45CC6CC(CC(C6)C4)C5)cc3)OO2)cc1. The Morgan fingerprint density at radius 2 is 1.16 bits per heavy atom. The lowest BCUT2D eigenvalue weighted by Gasteiger charge is -2.57. The number of hydrogen-bond acceptors (Lipinski definition) is 5. The molecule has 0 amide bonds. The molecule has 4 saturated carbocycles. The summed E-state index contributed by atoms with van der Waals surface area (Å²) in [5.41, 5.74) is 4.58. The van der Waals surface area contributed by atoms with Crippen LogP contribution >= 0.6 is 0 Å². The highest BCUT2D eigenvalue weighted by molar-refractivity contribution is 5.24. The van der Waals surface area contributed by atoms with Crippen molar-refractivity contribution in [1.29, 1.82) is 0 Å².